The molecule has 1 atom stereocenters. The van der Waals surface area contributed by atoms with Crippen LogP contribution in [0.5, 0.6) is 11.5 Å². The summed E-state index contributed by atoms with van der Waals surface area (Å²) in [7, 11) is 0. The van der Waals surface area contributed by atoms with E-state index in [9.17, 15) is 5.26 Å². The van der Waals surface area contributed by atoms with Gasteiger partial charge in [-0.25, -0.2) is 4.85 Å². The van der Waals surface area contributed by atoms with Gasteiger partial charge in [0.2, 0.25) is 0 Å². The molecule has 2 aliphatic rings. The summed E-state index contributed by atoms with van der Waals surface area (Å²) in [5.74, 6) is 1.40. The van der Waals surface area contributed by atoms with Crippen LogP contribution in [0.15, 0.2) is 285 Å². The molecular formula is C85H47N9O. The zero-order chi connectivity index (χ0) is 62.4. The SMILES string of the molecule is [C-]#[N+]c1ccc2c(c1)c1ccccc1n2-c1cnc2c(c1)C1(c3ccc(-n4c5ccccc5c5ccccc54)cc3Oc3cc(-n4c5ccccc5c5cc(-n6c7ccccc7c7ccccc76)ccc54)ccc31)c1cc(-n3c4ccccc4c4cc(C#N)ccc43)cnc1-2. The fourth-order valence-electron chi connectivity index (χ4n) is 16.6. The molecule has 0 saturated carbocycles. The molecule has 7 aromatic heterocycles. The standard InChI is InChI=1S/C85H47N9O/c1-87-51-31-38-79-65(41-51)62-21-7-15-29-77(62)94(79)56-44-70-84(89-49-56)83-69(43-55(48-88-83)93-76-28-14-6-20-61(76)64-40-50(47-86)30-37-78(64)93)85(70)67-35-32-53(91-73-25-11-4-18-59(73)60-19-5-12-26-74(60)91)45-81(67)95-82-46-54(33-36-68(82)85)92-75-27-13-8-22-63(75)66-42-52(34-39-80(66)92)90-71-23-9-2-16-57(71)58-17-3-10-24-72(58)90/h2-46,48-49H. The topological polar surface area (TPSA) is 87.8 Å². The molecule has 95 heavy (non-hydrogen) atoms. The van der Waals surface area contributed by atoms with E-state index in [1.807, 2.05) is 36.7 Å². The highest BCUT2D eigenvalue weighted by atomic mass is 16.5. The molecule has 0 fully saturated rings. The molecular weight excluding hydrogens is 1160 g/mol. The number of pyridine rings is 2. The number of nitriles is 1. The van der Waals surface area contributed by atoms with Gasteiger partial charge >= 0.3 is 0 Å². The third kappa shape index (κ3) is 6.83. The molecule has 21 rings (SSSR count). The molecule has 1 aliphatic carbocycles. The minimum absolute atomic E-state index is 0.581. The van der Waals surface area contributed by atoms with E-state index in [-0.39, 0.29) is 0 Å². The minimum Gasteiger partial charge on any atom is -0.457 e. The van der Waals surface area contributed by atoms with Crippen LogP contribution in [0.1, 0.15) is 27.8 Å². The molecule has 1 aliphatic heterocycles. The highest BCUT2D eigenvalue weighted by Gasteiger charge is 2.53. The summed E-state index contributed by atoms with van der Waals surface area (Å²) < 4.78 is 19.4. The number of hydrogen-bond acceptors (Lipinski definition) is 4. The number of benzene rings is 12. The van der Waals surface area contributed by atoms with Crippen molar-refractivity contribution in [2.45, 2.75) is 5.41 Å². The fraction of sp³-hybridized carbons (Fsp3) is 0.0118. The van der Waals surface area contributed by atoms with Gasteiger partial charge in [0.1, 0.15) is 11.5 Å². The molecule has 0 amide bonds. The summed E-state index contributed by atoms with van der Waals surface area (Å²) >= 11 is 0. The van der Waals surface area contributed by atoms with Gasteiger partial charge in [0, 0.05) is 99.9 Å². The summed E-state index contributed by atoms with van der Waals surface area (Å²) in [6.07, 6.45) is 3.96. The molecule has 0 radical (unpaired) electrons. The average Bonchev–Trinajstić information content (AvgIpc) is 1.55. The lowest BCUT2D eigenvalue weighted by molar-refractivity contribution is 0.436. The van der Waals surface area contributed by atoms with E-state index in [1.165, 1.54) is 21.5 Å². The Bertz CT molecular complexity index is 6460. The smallest absolute Gasteiger partial charge is 0.188 e. The van der Waals surface area contributed by atoms with Crippen molar-refractivity contribution in [3.8, 4) is 57.4 Å². The van der Waals surface area contributed by atoms with Crippen molar-refractivity contribution in [3.63, 3.8) is 0 Å². The first kappa shape index (κ1) is 51.5. The van der Waals surface area contributed by atoms with Crippen molar-refractivity contribution in [2.24, 2.45) is 0 Å². The Morgan fingerprint density at radius 2 is 0.642 bits per heavy atom. The first-order valence-electron chi connectivity index (χ1n) is 31.9. The number of fused-ring (bicyclic) bond motifs is 24. The van der Waals surface area contributed by atoms with Gasteiger partial charge in [0.05, 0.1) is 114 Å². The molecule has 1 unspecified atom stereocenters. The molecule has 0 saturated heterocycles. The number of ether oxygens (including phenoxy) is 1. The van der Waals surface area contributed by atoms with Crippen molar-refractivity contribution in [1.29, 1.82) is 5.26 Å². The predicted molar refractivity (Wildman–Crippen MR) is 382 cm³/mol. The summed E-state index contributed by atoms with van der Waals surface area (Å²) in [6.45, 7) is 8.03. The summed E-state index contributed by atoms with van der Waals surface area (Å²) in [6, 6.07) is 99.6. The third-order valence-corrected chi connectivity index (χ3v) is 20.4. The monoisotopic (exact) mass is 1210 g/mol. The highest BCUT2D eigenvalue weighted by molar-refractivity contribution is 6.15. The van der Waals surface area contributed by atoms with Gasteiger partial charge in [-0.2, -0.15) is 5.26 Å². The second kappa shape index (κ2) is 18.9. The lowest BCUT2D eigenvalue weighted by Gasteiger charge is -2.39. The van der Waals surface area contributed by atoms with Crippen LogP contribution in [-0.4, -0.2) is 32.8 Å². The molecule has 438 valence electrons. The molecule has 1 spiro atoms. The first-order valence-corrected chi connectivity index (χ1v) is 31.9. The lowest BCUT2D eigenvalue weighted by Crippen LogP contribution is -2.32. The van der Waals surface area contributed by atoms with Crippen LogP contribution in [0.25, 0.3) is 154 Å². The van der Waals surface area contributed by atoms with Gasteiger partial charge in [-0.15, -0.1) is 0 Å². The van der Waals surface area contributed by atoms with Crippen LogP contribution >= 0.6 is 0 Å². The maximum Gasteiger partial charge on any atom is 0.188 e. The van der Waals surface area contributed by atoms with Gasteiger partial charge in [-0.1, -0.05) is 146 Å². The number of nitrogens with zero attached hydrogens (tertiary/aromatic N) is 9. The third-order valence-electron chi connectivity index (χ3n) is 20.4. The Kier molecular flexibility index (Phi) is 10.2. The van der Waals surface area contributed by atoms with Gasteiger partial charge in [0.25, 0.3) is 0 Å². The van der Waals surface area contributed by atoms with Crippen molar-refractivity contribution >= 4 is 115 Å². The van der Waals surface area contributed by atoms with Crippen molar-refractivity contribution in [1.82, 2.24) is 32.8 Å². The Labute approximate surface area is 541 Å². The molecule has 19 aromatic rings. The Hall–Kier alpha value is -13.3. The van der Waals surface area contributed by atoms with Crippen LogP contribution in [0.3, 0.4) is 0 Å². The zero-order valence-electron chi connectivity index (χ0n) is 50.6. The average molecular weight is 1210 g/mol. The highest BCUT2D eigenvalue weighted by Crippen LogP contribution is 2.63. The van der Waals surface area contributed by atoms with E-state index in [1.54, 1.807) is 0 Å². The molecule has 0 bridgehead atoms. The normalized spacial score (nSPS) is 14.0. The largest absolute Gasteiger partial charge is 0.457 e. The van der Waals surface area contributed by atoms with Gasteiger partial charge in [-0.3, -0.25) is 9.97 Å². The number of rotatable bonds is 5. The van der Waals surface area contributed by atoms with Crippen LogP contribution in [0, 0.1) is 17.9 Å². The van der Waals surface area contributed by atoms with Crippen LogP contribution in [0.4, 0.5) is 5.69 Å². The maximum absolute atomic E-state index is 10.2. The van der Waals surface area contributed by atoms with Gasteiger partial charge in [-0.05, 0) is 121 Å². The van der Waals surface area contributed by atoms with Crippen LogP contribution < -0.4 is 4.74 Å². The van der Waals surface area contributed by atoms with E-state index in [2.05, 4.69) is 282 Å². The maximum atomic E-state index is 10.2. The van der Waals surface area contributed by atoms with Crippen molar-refractivity contribution in [2.75, 3.05) is 0 Å². The summed E-state index contributed by atoms with van der Waals surface area (Å²) in [4.78, 5) is 15.1. The van der Waals surface area contributed by atoms with Crippen LogP contribution in [0.2, 0.25) is 0 Å². The van der Waals surface area contributed by atoms with Crippen molar-refractivity contribution < 1.29 is 4.74 Å². The second-order valence-electron chi connectivity index (χ2n) is 25.0. The number of aromatic nitrogens is 7. The zero-order valence-corrected chi connectivity index (χ0v) is 50.6. The summed E-state index contributed by atoms with van der Waals surface area (Å²) in [5.41, 5.74) is 20.7. The molecule has 12 aromatic carbocycles. The number of para-hydroxylation sites is 7. The van der Waals surface area contributed by atoms with E-state index in [0.717, 1.165) is 150 Å². The molecule has 10 nitrogen and oxygen atoms in total. The quantitative estimate of drug-likeness (QED) is 0.161. The number of hydrogen-bond donors (Lipinski definition) is 0. The predicted octanol–water partition coefficient (Wildman–Crippen LogP) is 20.9. The Morgan fingerprint density at radius 3 is 1.05 bits per heavy atom. The van der Waals surface area contributed by atoms with E-state index >= 15 is 0 Å². The van der Waals surface area contributed by atoms with E-state index in [4.69, 9.17) is 21.3 Å². The fourth-order valence-corrected chi connectivity index (χ4v) is 16.6. The first-order chi connectivity index (χ1) is 47.0. The Morgan fingerprint density at radius 1 is 0.316 bits per heavy atom. The minimum atomic E-state index is -1.10. The van der Waals surface area contributed by atoms with E-state index in [0.29, 0.717) is 22.7 Å². The summed E-state index contributed by atoms with van der Waals surface area (Å²) in [5, 5.41) is 21.3. The van der Waals surface area contributed by atoms with E-state index < -0.39 is 5.41 Å². The molecule has 0 N–H and O–H groups in total. The second-order valence-corrected chi connectivity index (χ2v) is 25.0. The molecule has 8 heterocycles. The van der Waals surface area contributed by atoms with Gasteiger partial charge in [0.15, 0.2) is 5.69 Å². The van der Waals surface area contributed by atoms with Gasteiger partial charge < -0.3 is 27.6 Å². The van der Waals surface area contributed by atoms with Crippen molar-refractivity contribution in [3.05, 3.63) is 325 Å². The Balaban J connectivity index is 0.857. The lowest BCUT2D eigenvalue weighted by atomic mass is 9.66. The molecule has 10 heteroatoms. The van der Waals surface area contributed by atoms with Crippen LogP contribution in [-0.2, 0) is 5.41 Å².